The van der Waals surface area contributed by atoms with Gasteiger partial charge in [0, 0.05) is 66.5 Å². The van der Waals surface area contributed by atoms with E-state index in [0.29, 0.717) is 45.1 Å². The zero-order valence-electron chi connectivity index (χ0n) is 43.7. The van der Waals surface area contributed by atoms with Gasteiger partial charge in [-0.1, -0.05) is 91.1 Å². The van der Waals surface area contributed by atoms with Crippen molar-refractivity contribution in [2.75, 3.05) is 47.3 Å². The molecule has 5 N–H and O–H groups in total. The summed E-state index contributed by atoms with van der Waals surface area (Å²) in [5.41, 5.74) is 7.36. The zero-order valence-corrected chi connectivity index (χ0v) is 44.6. The van der Waals surface area contributed by atoms with Crippen LogP contribution in [0.15, 0.2) is 24.3 Å². The Kier molecular flexibility index (Phi) is 24.3. The van der Waals surface area contributed by atoms with Crippen LogP contribution >= 0.6 is 11.8 Å². The second-order valence-corrected chi connectivity index (χ2v) is 21.1. The molecule has 2 heterocycles. The van der Waals surface area contributed by atoms with Gasteiger partial charge in [-0.3, -0.25) is 38.5 Å². The Morgan fingerprint density at radius 1 is 0.900 bits per heavy atom. The first kappa shape index (κ1) is 59.7. The number of nitrogens with two attached hydrogens (primary N) is 1. The Morgan fingerprint density at radius 2 is 1.56 bits per heavy atom. The first-order valence-electron chi connectivity index (χ1n) is 25.0. The number of aliphatic carboxylic acids is 1. The molecular weight excluding hydrogens is 919 g/mol. The molecule has 0 radical (unpaired) electrons. The number of nitrogens with zero attached hydrogens (tertiary/aromatic N) is 4. The molecule has 0 spiro atoms. The fourth-order valence-corrected chi connectivity index (χ4v) is 10.6. The predicted octanol–water partition coefficient (Wildman–Crippen LogP) is 3.99. The molecule has 0 aromatic heterocycles. The average Bonchev–Trinajstić information content (AvgIpc) is 3.90. The summed E-state index contributed by atoms with van der Waals surface area (Å²) in [5, 5.41) is 15.2. The Hall–Kier alpha value is -4.59. The van der Waals surface area contributed by atoms with Crippen molar-refractivity contribution in [1.82, 2.24) is 30.2 Å². The molecule has 1 unspecified atom stereocenters. The predicted molar refractivity (Wildman–Crippen MR) is 269 cm³/mol. The van der Waals surface area contributed by atoms with Gasteiger partial charge in [-0.25, -0.2) is 4.79 Å². The molecule has 19 heteroatoms. The van der Waals surface area contributed by atoms with Gasteiger partial charge < -0.3 is 45.6 Å². The van der Waals surface area contributed by atoms with E-state index in [-0.39, 0.29) is 85.4 Å². The van der Waals surface area contributed by atoms with E-state index in [1.165, 1.54) is 35.8 Å². The van der Waals surface area contributed by atoms with Crippen molar-refractivity contribution in [3.63, 3.8) is 0 Å². The number of likely N-dealkylation sites (N-methyl/N-ethyl adjacent to an activating group) is 2. The number of imide groups is 1. The lowest BCUT2D eigenvalue weighted by molar-refractivity contribution is -0.149. The van der Waals surface area contributed by atoms with Crippen molar-refractivity contribution in [2.24, 2.45) is 29.4 Å². The smallest absolute Gasteiger partial charge is 0.326 e. The van der Waals surface area contributed by atoms with E-state index < -0.39 is 71.4 Å². The Balaban J connectivity index is 1.70. The lowest BCUT2D eigenvalue weighted by Crippen LogP contribution is -2.60. The van der Waals surface area contributed by atoms with Crippen molar-refractivity contribution in [2.45, 2.75) is 167 Å². The molecule has 1 aromatic rings. The topological polar surface area (TPSA) is 238 Å². The molecule has 1 aromatic carbocycles. The van der Waals surface area contributed by atoms with E-state index in [9.17, 15) is 43.5 Å². The summed E-state index contributed by atoms with van der Waals surface area (Å²) in [7, 11) is 6.22. The van der Waals surface area contributed by atoms with Gasteiger partial charge in [-0.05, 0) is 55.9 Å². The Bertz CT molecular complexity index is 1940. The molecule has 0 aliphatic carbocycles. The van der Waals surface area contributed by atoms with Crippen LogP contribution in [0.3, 0.4) is 0 Å². The van der Waals surface area contributed by atoms with E-state index in [0.717, 1.165) is 11.1 Å². The highest BCUT2D eigenvalue weighted by atomic mass is 32.2. The summed E-state index contributed by atoms with van der Waals surface area (Å²) in [5.74, 6) is -4.76. The first-order valence-corrected chi connectivity index (χ1v) is 26.0. The van der Waals surface area contributed by atoms with Crippen LogP contribution in [-0.4, -0.2) is 167 Å². The van der Waals surface area contributed by atoms with Crippen LogP contribution in [-0.2, 0) is 54.3 Å². The number of unbranched alkanes of at least 4 members (excludes halogenated alkanes) is 2. The highest BCUT2D eigenvalue weighted by Crippen LogP contribution is 2.30. The molecule has 394 valence electrons. The van der Waals surface area contributed by atoms with Crippen LogP contribution in [0.2, 0.25) is 0 Å². The molecule has 0 bridgehead atoms. The standard InChI is InChI=1S/C51H83N7O11S/c1-13-33(7)45(38(68-11)27-41(60)57-25-17-18-37(57)46(69-12)34(8)47(62)53-36(51(66)67)26-35-22-20-32(6)21-23-35)56(10)50(65)43(30(2)3)54-48(63)44(31(4)5)55(9)40(59)19-15-14-16-24-58-42(61)28-39(49(58)64)70-29-52/h20-23,30-31,33-34,36-39,43-46H,13-19,24-29,52H2,1-12H3,(H,53,62)(H,54,63)(H,66,67)/t33-,34+,36-,37-,38+,39?,43-,44-,45-,46+/m0/s1. The minimum atomic E-state index is -1.17. The second-order valence-electron chi connectivity index (χ2n) is 19.8. The third kappa shape index (κ3) is 16.0. The van der Waals surface area contributed by atoms with E-state index >= 15 is 0 Å². The van der Waals surface area contributed by atoms with Crippen LogP contribution < -0.4 is 16.4 Å². The number of thioether (sulfide) groups is 1. The Labute approximate surface area is 420 Å². The first-order chi connectivity index (χ1) is 33.0. The lowest BCUT2D eigenvalue weighted by Gasteiger charge is -2.41. The minimum absolute atomic E-state index is 0.0851. The SMILES string of the molecule is CC[C@H](C)[C@@H]([C@@H](CC(=O)N1CCC[C@H]1[C@H](OC)[C@@H](C)C(=O)N[C@@H](Cc1ccc(C)cc1)C(=O)O)OC)N(C)C(=O)[C@@H](NC(=O)[C@H](C(C)C)N(C)C(=O)CCCCCN1C(=O)CC(SCN)C1=O)C(C)C. The normalized spacial score (nSPS) is 19.6. The molecule has 2 aliphatic rings. The van der Waals surface area contributed by atoms with Crippen LogP contribution in [0, 0.1) is 30.6 Å². The number of carbonyl (C=O) groups excluding carboxylic acids is 7. The number of ether oxygens (including phenoxy) is 2. The van der Waals surface area contributed by atoms with Crippen molar-refractivity contribution in [1.29, 1.82) is 0 Å². The number of rotatable bonds is 29. The number of carboxylic acids is 1. The molecule has 3 rings (SSSR count). The third-order valence-corrected chi connectivity index (χ3v) is 15.1. The number of nitrogens with one attached hydrogen (secondary N) is 2. The fourth-order valence-electron chi connectivity index (χ4n) is 9.86. The van der Waals surface area contributed by atoms with Crippen LogP contribution in [0.5, 0.6) is 0 Å². The number of aryl methyl sites for hydroxylation is 1. The molecule has 7 amide bonds. The van der Waals surface area contributed by atoms with Gasteiger partial charge in [0.15, 0.2) is 0 Å². The Morgan fingerprint density at radius 3 is 2.11 bits per heavy atom. The van der Waals surface area contributed by atoms with Crippen molar-refractivity contribution in [3.8, 4) is 0 Å². The molecule has 70 heavy (non-hydrogen) atoms. The summed E-state index contributed by atoms with van der Waals surface area (Å²) >= 11 is 1.26. The average molecular weight is 1000 g/mol. The quantitative estimate of drug-likeness (QED) is 0.0506. The van der Waals surface area contributed by atoms with Crippen LogP contribution in [0.1, 0.15) is 117 Å². The molecule has 2 saturated heterocycles. The maximum Gasteiger partial charge on any atom is 0.326 e. The number of benzene rings is 1. The number of likely N-dealkylation sites (tertiary alicyclic amines) is 2. The number of hydrogen-bond acceptors (Lipinski definition) is 12. The molecule has 10 atom stereocenters. The molecule has 2 aliphatic heterocycles. The molecule has 2 fully saturated rings. The van der Waals surface area contributed by atoms with Crippen molar-refractivity contribution >= 4 is 59.1 Å². The largest absolute Gasteiger partial charge is 0.480 e. The van der Waals surface area contributed by atoms with Crippen molar-refractivity contribution < 1.29 is 52.9 Å². The summed E-state index contributed by atoms with van der Waals surface area (Å²) in [6.07, 6.45) is 2.34. The second kappa shape index (κ2) is 28.4. The molecule has 0 saturated carbocycles. The maximum absolute atomic E-state index is 14.6. The molecule has 18 nitrogen and oxygen atoms in total. The van der Waals surface area contributed by atoms with E-state index in [1.807, 2.05) is 72.7 Å². The van der Waals surface area contributed by atoms with Gasteiger partial charge in [-0.2, -0.15) is 0 Å². The minimum Gasteiger partial charge on any atom is -0.480 e. The third-order valence-electron chi connectivity index (χ3n) is 14.1. The fraction of sp³-hybridized carbons (Fsp3) is 0.725. The maximum atomic E-state index is 14.6. The summed E-state index contributed by atoms with van der Waals surface area (Å²) < 4.78 is 12.0. The highest BCUT2D eigenvalue weighted by Gasteiger charge is 2.44. The van der Waals surface area contributed by atoms with E-state index in [1.54, 1.807) is 30.8 Å². The van der Waals surface area contributed by atoms with Crippen molar-refractivity contribution in [3.05, 3.63) is 35.4 Å². The lowest BCUT2D eigenvalue weighted by atomic mass is 9.89. The number of carboxylic acid groups (broad SMARTS) is 1. The van der Waals surface area contributed by atoms with Crippen LogP contribution in [0.25, 0.3) is 0 Å². The number of carbonyl (C=O) groups is 8. The van der Waals surface area contributed by atoms with Gasteiger partial charge in [0.25, 0.3) is 0 Å². The summed E-state index contributed by atoms with van der Waals surface area (Å²) in [6, 6.07) is 3.35. The van der Waals surface area contributed by atoms with Gasteiger partial charge in [0.1, 0.15) is 18.1 Å². The number of methoxy groups -OCH3 is 2. The summed E-state index contributed by atoms with van der Waals surface area (Å²) in [4.78, 5) is 113. The van der Waals surface area contributed by atoms with Crippen LogP contribution in [0.4, 0.5) is 0 Å². The van der Waals surface area contributed by atoms with Gasteiger partial charge in [0.05, 0.1) is 41.9 Å². The molecular formula is C51H83N7O11S. The highest BCUT2D eigenvalue weighted by molar-refractivity contribution is 8.00. The van der Waals surface area contributed by atoms with Gasteiger partial charge in [0.2, 0.25) is 41.4 Å². The zero-order chi connectivity index (χ0) is 52.6. The number of hydrogen-bond donors (Lipinski definition) is 4. The summed E-state index contributed by atoms with van der Waals surface area (Å²) in [6.45, 7) is 15.6. The van der Waals surface area contributed by atoms with Gasteiger partial charge in [-0.15, -0.1) is 11.8 Å². The van der Waals surface area contributed by atoms with Gasteiger partial charge >= 0.3 is 5.97 Å². The van der Waals surface area contributed by atoms with E-state index in [4.69, 9.17) is 15.2 Å². The monoisotopic (exact) mass is 1000 g/mol. The number of amides is 7. The van der Waals surface area contributed by atoms with E-state index in [2.05, 4.69) is 10.6 Å².